The Bertz CT molecular complexity index is 428. The minimum Gasteiger partial charge on any atom is -0.468 e. The van der Waals surface area contributed by atoms with Gasteiger partial charge in [-0.05, 0) is 25.0 Å². The molecule has 0 aliphatic carbocycles. The van der Waals surface area contributed by atoms with Crippen LogP contribution < -0.4 is 10.6 Å². The second kappa shape index (κ2) is 7.69. The van der Waals surface area contributed by atoms with E-state index in [0.717, 1.165) is 0 Å². The van der Waals surface area contributed by atoms with Gasteiger partial charge in [-0.15, -0.1) is 0 Å². The van der Waals surface area contributed by atoms with Gasteiger partial charge >= 0.3 is 5.97 Å². The SMILES string of the molecule is COC(=O)C(NC(C)C(=O)NCc1ccco1)C(C)C. The van der Waals surface area contributed by atoms with Gasteiger partial charge in [0.2, 0.25) is 5.91 Å². The molecule has 6 nitrogen and oxygen atoms in total. The number of amides is 1. The monoisotopic (exact) mass is 282 g/mol. The van der Waals surface area contributed by atoms with E-state index in [9.17, 15) is 9.59 Å². The Morgan fingerprint density at radius 2 is 2.05 bits per heavy atom. The van der Waals surface area contributed by atoms with Crippen molar-refractivity contribution in [3.8, 4) is 0 Å². The summed E-state index contributed by atoms with van der Waals surface area (Å²) in [6.07, 6.45) is 1.55. The molecule has 0 aliphatic heterocycles. The van der Waals surface area contributed by atoms with Gasteiger partial charge in [0, 0.05) is 0 Å². The maximum Gasteiger partial charge on any atom is 0.323 e. The minimum absolute atomic E-state index is 0.0303. The number of methoxy groups -OCH3 is 1. The Morgan fingerprint density at radius 1 is 1.35 bits per heavy atom. The van der Waals surface area contributed by atoms with Gasteiger partial charge in [0.05, 0.1) is 26.0 Å². The first-order chi connectivity index (χ1) is 9.45. The van der Waals surface area contributed by atoms with Crippen molar-refractivity contribution in [3.63, 3.8) is 0 Å². The van der Waals surface area contributed by atoms with E-state index in [1.807, 2.05) is 13.8 Å². The Morgan fingerprint density at radius 3 is 2.55 bits per heavy atom. The Balaban J connectivity index is 2.48. The first kappa shape index (κ1) is 16.2. The van der Waals surface area contributed by atoms with E-state index in [2.05, 4.69) is 10.6 Å². The summed E-state index contributed by atoms with van der Waals surface area (Å²) >= 11 is 0. The zero-order chi connectivity index (χ0) is 15.1. The molecule has 1 rings (SSSR count). The summed E-state index contributed by atoms with van der Waals surface area (Å²) in [4.78, 5) is 23.6. The fraction of sp³-hybridized carbons (Fsp3) is 0.571. The number of carbonyl (C=O) groups excluding carboxylic acids is 2. The highest BCUT2D eigenvalue weighted by Crippen LogP contribution is 2.05. The second-order valence-corrected chi connectivity index (χ2v) is 4.93. The van der Waals surface area contributed by atoms with E-state index in [-0.39, 0.29) is 17.8 Å². The van der Waals surface area contributed by atoms with Crippen LogP contribution in [-0.4, -0.2) is 31.1 Å². The fourth-order valence-corrected chi connectivity index (χ4v) is 1.75. The smallest absolute Gasteiger partial charge is 0.323 e. The van der Waals surface area contributed by atoms with E-state index in [1.165, 1.54) is 7.11 Å². The topological polar surface area (TPSA) is 80.6 Å². The molecule has 0 radical (unpaired) electrons. The van der Waals surface area contributed by atoms with Gasteiger partial charge < -0.3 is 14.5 Å². The van der Waals surface area contributed by atoms with Crippen LogP contribution in [0, 0.1) is 5.92 Å². The molecule has 2 unspecified atom stereocenters. The zero-order valence-electron chi connectivity index (χ0n) is 12.3. The van der Waals surface area contributed by atoms with E-state index in [0.29, 0.717) is 12.3 Å². The van der Waals surface area contributed by atoms with Crippen molar-refractivity contribution in [2.75, 3.05) is 7.11 Å². The number of hydrogen-bond donors (Lipinski definition) is 2. The average molecular weight is 282 g/mol. The van der Waals surface area contributed by atoms with E-state index < -0.39 is 12.1 Å². The van der Waals surface area contributed by atoms with Crippen LogP contribution in [0.5, 0.6) is 0 Å². The Hall–Kier alpha value is -1.82. The zero-order valence-corrected chi connectivity index (χ0v) is 12.3. The summed E-state index contributed by atoms with van der Waals surface area (Å²) < 4.78 is 9.85. The lowest BCUT2D eigenvalue weighted by Gasteiger charge is -2.23. The molecular formula is C14H22N2O4. The summed E-state index contributed by atoms with van der Waals surface area (Å²) in [6, 6.07) is 2.53. The van der Waals surface area contributed by atoms with Gasteiger partial charge in [-0.2, -0.15) is 0 Å². The maximum atomic E-state index is 11.9. The normalized spacial score (nSPS) is 13.8. The van der Waals surface area contributed by atoms with Crippen molar-refractivity contribution < 1.29 is 18.7 Å². The number of furan rings is 1. The third kappa shape index (κ3) is 4.70. The van der Waals surface area contributed by atoms with Gasteiger partial charge in [-0.3, -0.25) is 14.9 Å². The molecule has 6 heteroatoms. The summed E-state index contributed by atoms with van der Waals surface area (Å²) in [5, 5.41) is 5.72. The van der Waals surface area contributed by atoms with Crippen molar-refractivity contribution in [2.45, 2.75) is 39.4 Å². The van der Waals surface area contributed by atoms with Crippen LogP contribution in [0.1, 0.15) is 26.5 Å². The number of carbonyl (C=O) groups is 2. The fourth-order valence-electron chi connectivity index (χ4n) is 1.75. The van der Waals surface area contributed by atoms with E-state index in [1.54, 1.807) is 25.3 Å². The number of rotatable bonds is 7. The summed E-state index contributed by atoms with van der Waals surface area (Å²) in [7, 11) is 1.33. The van der Waals surface area contributed by atoms with E-state index >= 15 is 0 Å². The van der Waals surface area contributed by atoms with Crippen LogP contribution in [0.3, 0.4) is 0 Å². The lowest BCUT2D eigenvalue weighted by Crippen LogP contribution is -2.51. The summed E-state index contributed by atoms with van der Waals surface area (Å²) in [5.74, 6) is 0.142. The molecule has 2 atom stereocenters. The molecule has 1 aromatic heterocycles. The second-order valence-electron chi connectivity index (χ2n) is 4.93. The van der Waals surface area contributed by atoms with Gasteiger partial charge in [-0.25, -0.2) is 0 Å². The highest BCUT2D eigenvalue weighted by molar-refractivity contribution is 5.83. The molecule has 1 amide bonds. The van der Waals surface area contributed by atoms with Crippen molar-refractivity contribution in [1.82, 2.24) is 10.6 Å². The van der Waals surface area contributed by atoms with Crippen LogP contribution in [0.25, 0.3) is 0 Å². The third-order valence-corrected chi connectivity index (χ3v) is 2.96. The van der Waals surface area contributed by atoms with E-state index in [4.69, 9.17) is 9.15 Å². The van der Waals surface area contributed by atoms with Crippen LogP contribution in [0.15, 0.2) is 22.8 Å². The Kier molecular flexibility index (Phi) is 6.24. The molecule has 0 fully saturated rings. The first-order valence-electron chi connectivity index (χ1n) is 6.59. The third-order valence-electron chi connectivity index (χ3n) is 2.96. The highest BCUT2D eigenvalue weighted by atomic mass is 16.5. The van der Waals surface area contributed by atoms with Crippen molar-refractivity contribution in [1.29, 1.82) is 0 Å². The van der Waals surface area contributed by atoms with Crippen molar-refractivity contribution in [2.24, 2.45) is 5.92 Å². The van der Waals surface area contributed by atoms with Crippen LogP contribution in [0.2, 0.25) is 0 Å². The molecule has 0 aliphatic rings. The van der Waals surface area contributed by atoms with Crippen molar-refractivity contribution in [3.05, 3.63) is 24.2 Å². The predicted molar refractivity (Wildman–Crippen MR) is 73.8 cm³/mol. The molecule has 2 N–H and O–H groups in total. The number of nitrogens with one attached hydrogen (secondary N) is 2. The van der Waals surface area contributed by atoms with Crippen LogP contribution in [0.4, 0.5) is 0 Å². The largest absolute Gasteiger partial charge is 0.468 e. The lowest BCUT2D eigenvalue weighted by molar-refractivity contribution is -0.144. The molecule has 0 saturated heterocycles. The molecule has 0 saturated carbocycles. The maximum absolute atomic E-state index is 11.9. The summed E-state index contributed by atoms with van der Waals surface area (Å²) in [5.41, 5.74) is 0. The standard InChI is InChI=1S/C14H22N2O4/c1-9(2)12(14(18)19-4)16-10(3)13(17)15-8-11-6-5-7-20-11/h5-7,9-10,12,16H,8H2,1-4H3,(H,15,17). The molecule has 1 aromatic rings. The lowest BCUT2D eigenvalue weighted by atomic mass is 10.0. The molecule has 1 heterocycles. The molecule has 0 bridgehead atoms. The number of hydrogen-bond acceptors (Lipinski definition) is 5. The average Bonchev–Trinajstić information content (AvgIpc) is 2.93. The number of ether oxygens (including phenoxy) is 1. The Labute approximate surface area is 118 Å². The minimum atomic E-state index is -0.510. The van der Waals surface area contributed by atoms with Gasteiger partial charge in [0.1, 0.15) is 11.8 Å². The summed E-state index contributed by atoms with van der Waals surface area (Å²) in [6.45, 7) is 5.81. The van der Waals surface area contributed by atoms with Gasteiger partial charge in [-0.1, -0.05) is 13.8 Å². The molecule has 0 aromatic carbocycles. The van der Waals surface area contributed by atoms with Crippen molar-refractivity contribution >= 4 is 11.9 Å². The van der Waals surface area contributed by atoms with Gasteiger partial charge in [0.15, 0.2) is 0 Å². The molecule has 0 spiro atoms. The van der Waals surface area contributed by atoms with Gasteiger partial charge in [0.25, 0.3) is 0 Å². The highest BCUT2D eigenvalue weighted by Gasteiger charge is 2.26. The quantitative estimate of drug-likeness (QED) is 0.731. The molecule has 112 valence electrons. The first-order valence-corrected chi connectivity index (χ1v) is 6.59. The molecule has 20 heavy (non-hydrogen) atoms. The number of esters is 1. The molecular weight excluding hydrogens is 260 g/mol. The van der Waals surface area contributed by atoms with Crippen LogP contribution in [-0.2, 0) is 20.9 Å². The van der Waals surface area contributed by atoms with Crippen LogP contribution >= 0.6 is 0 Å². The predicted octanol–water partition coefficient (Wildman–Crippen LogP) is 1.07.